The molecule has 0 spiro atoms. The summed E-state index contributed by atoms with van der Waals surface area (Å²) >= 11 is 1.11. The van der Waals surface area contributed by atoms with Crippen LogP contribution < -0.4 is 11.6 Å². The molecule has 12 heteroatoms. The molecular formula is C15H16N2O9S. The summed E-state index contributed by atoms with van der Waals surface area (Å²) in [6.45, 7) is 2.23. The number of aliphatic hydroxyl groups is 1. The van der Waals surface area contributed by atoms with Gasteiger partial charge < -0.3 is 29.1 Å². The SMILES string of the molecule is Cc1oc(=O)oc1COC(=O)C1=C(COC(N)=O)S[C@@H]2[C@@H]([C@@H](C)O)C(=O)N12. The lowest BCUT2D eigenvalue weighted by molar-refractivity contribution is -0.158. The summed E-state index contributed by atoms with van der Waals surface area (Å²) in [5.74, 6) is -2.77. The third-order valence-corrected chi connectivity index (χ3v) is 5.42. The number of esters is 1. The van der Waals surface area contributed by atoms with E-state index in [1.165, 1.54) is 18.7 Å². The molecule has 3 heterocycles. The van der Waals surface area contributed by atoms with Crippen LogP contribution in [0.25, 0.3) is 0 Å². The summed E-state index contributed by atoms with van der Waals surface area (Å²) in [7, 11) is 0. The zero-order valence-corrected chi connectivity index (χ0v) is 15.1. The van der Waals surface area contributed by atoms with Gasteiger partial charge in [-0.25, -0.2) is 14.4 Å². The van der Waals surface area contributed by atoms with Crippen molar-refractivity contribution in [3.8, 4) is 0 Å². The first-order chi connectivity index (χ1) is 12.7. The van der Waals surface area contributed by atoms with Crippen molar-refractivity contribution in [2.24, 2.45) is 11.7 Å². The Kier molecular flexibility index (Phi) is 5.02. The number of nitrogens with two attached hydrogens (primary N) is 1. The highest BCUT2D eigenvalue weighted by molar-refractivity contribution is 8.04. The van der Waals surface area contributed by atoms with Crippen LogP contribution >= 0.6 is 11.8 Å². The molecule has 1 aromatic rings. The minimum Gasteiger partial charge on any atom is -0.453 e. The van der Waals surface area contributed by atoms with Gasteiger partial charge in [0.15, 0.2) is 18.1 Å². The highest BCUT2D eigenvalue weighted by atomic mass is 32.2. The van der Waals surface area contributed by atoms with Crippen LogP contribution in [0.5, 0.6) is 0 Å². The van der Waals surface area contributed by atoms with Crippen molar-refractivity contribution < 1.29 is 37.8 Å². The van der Waals surface area contributed by atoms with Crippen molar-refractivity contribution in [2.75, 3.05) is 6.61 Å². The van der Waals surface area contributed by atoms with E-state index in [9.17, 15) is 24.3 Å². The van der Waals surface area contributed by atoms with E-state index in [1.807, 2.05) is 0 Å². The molecule has 27 heavy (non-hydrogen) atoms. The Morgan fingerprint density at radius 1 is 1.30 bits per heavy atom. The number of aliphatic hydroxyl groups excluding tert-OH is 1. The molecule has 0 saturated carbocycles. The first-order valence-corrected chi connectivity index (χ1v) is 8.68. The molecule has 0 aliphatic carbocycles. The van der Waals surface area contributed by atoms with Crippen molar-refractivity contribution in [1.82, 2.24) is 4.90 Å². The molecule has 2 aliphatic heterocycles. The van der Waals surface area contributed by atoms with E-state index < -0.39 is 41.2 Å². The fraction of sp³-hybridized carbons (Fsp3) is 0.467. The van der Waals surface area contributed by atoms with Gasteiger partial charge in [0.25, 0.3) is 0 Å². The van der Waals surface area contributed by atoms with Gasteiger partial charge in [-0.05, 0) is 13.8 Å². The summed E-state index contributed by atoms with van der Waals surface area (Å²) in [6, 6.07) is 0. The van der Waals surface area contributed by atoms with Gasteiger partial charge in [-0.15, -0.1) is 0 Å². The number of fused-ring (bicyclic) bond motifs is 1. The van der Waals surface area contributed by atoms with Crippen molar-refractivity contribution in [2.45, 2.75) is 31.9 Å². The van der Waals surface area contributed by atoms with Crippen LogP contribution in [0.1, 0.15) is 18.4 Å². The molecule has 146 valence electrons. The Labute approximate surface area is 156 Å². The lowest BCUT2D eigenvalue weighted by Crippen LogP contribution is -2.60. The second kappa shape index (κ2) is 7.12. The van der Waals surface area contributed by atoms with E-state index in [0.29, 0.717) is 0 Å². The Bertz CT molecular complexity index is 884. The maximum absolute atomic E-state index is 12.5. The van der Waals surface area contributed by atoms with Crippen LogP contribution in [0.15, 0.2) is 24.2 Å². The lowest BCUT2D eigenvalue weighted by Gasteiger charge is -2.43. The lowest BCUT2D eigenvalue weighted by atomic mass is 9.92. The van der Waals surface area contributed by atoms with Gasteiger partial charge in [0.1, 0.15) is 17.7 Å². The molecule has 1 fully saturated rings. The smallest absolute Gasteiger partial charge is 0.453 e. The van der Waals surface area contributed by atoms with Crippen LogP contribution in [0.4, 0.5) is 4.79 Å². The molecule has 1 aromatic heterocycles. The van der Waals surface area contributed by atoms with Crippen LogP contribution in [-0.2, 0) is 25.7 Å². The normalized spacial score (nSPS) is 22.3. The van der Waals surface area contributed by atoms with E-state index in [0.717, 1.165) is 11.8 Å². The number of nitrogens with zero attached hydrogens (tertiary/aromatic N) is 1. The molecule has 0 radical (unpaired) electrons. The maximum atomic E-state index is 12.5. The number of ether oxygens (including phenoxy) is 2. The first kappa shape index (κ1) is 19.0. The van der Waals surface area contributed by atoms with Crippen LogP contribution in [-0.4, -0.2) is 46.1 Å². The molecule has 3 atom stereocenters. The zero-order valence-electron chi connectivity index (χ0n) is 14.3. The van der Waals surface area contributed by atoms with Gasteiger partial charge in [0.2, 0.25) is 5.91 Å². The summed E-state index contributed by atoms with van der Waals surface area (Å²) < 4.78 is 19.2. The number of primary amides is 1. The number of hydrogen-bond acceptors (Lipinski definition) is 10. The van der Waals surface area contributed by atoms with Gasteiger partial charge >= 0.3 is 17.9 Å². The topological polar surface area (TPSA) is 163 Å². The van der Waals surface area contributed by atoms with Crippen molar-refractivity contribution >= 4 is 29.7 Å². The molecule has 2 aliphatic rings. The van der Waals surface area contributed by atoms with Gasteiger partial charge in [0, 0.05) is 0 Å². The molecule has 1 saturated heterocycles. The highest BCUT2D eigenvalue weighted by Crippen LogP contribution is 2.50. The number of aryl methyl sites for hydroxylation is 1. The molecule has 0 unspecified atom stereocenters. The fourth-order valence-electron chi connectivity index (χ4n) is 2.79. The predicted octanol–water partition coefficient (Wildman–Crippen LogP) is -0.197. The fourth-order valence-corrected chi connectivity index (χ4v) is 4.30. The highest BCUT2D eigenvalue weighted by Gasteiger charge is 2.58. The summed E-state index contributed by atoms with van der Waals surface area (Å²) in [4.78, 5) is 48.2. The van der Waals surface area contributed by atoms with E-state index in [4.69, 9.17) is 19.6 Å². The molecule has 0 bridgehead atoms. The Morgan fingerprint density at radius 2 is 2.00 bits per heavy atom. The zero-order chi connectivity index (χ0) is 19.9. The number of carbonyl (C=O) groups excluding carboxylic acids is 3. The Hall–Kier alpha value is -2.73. The maximum Gasteiger partial charge on any atom is 0.519 e. The average Bonchev–Trinajstić information content (AvgIpc) is 3.06. The predicted molar refractivity (Wildman–Crippen MR) is 87.7 cm³/mol. The monoisotopic (exact) mass is 400 g/mol. The molecule has 3 rings (SSSR count). The van der Waals surface area contributed by atoms with E-state index in [-0.39, 0.29) is 35.3 Å². The van der Waals surface area contributed by atoms with E-state index >= 15 is 0 Å². The van der Waals surface area contributed by atoms with Crippen molar-refractivity contribution in [3.63, 3.8) is 0 Å². The van der Waals surface area contributed by atoms with Gasteiger partial charge in [0.05, 0.1) is 16.9 Å². The average molecular weight is 400 g/mol. The molecule has 2 amide bonds. The molecule has 0 aromatic carbocycles. The quantitative estimate of drug-likeness (QED) is 0.483. The number of β-lactam (4-membered cyclic amide) rings is 1. The minimum atomic E-state index is -1.04. The Balaban J connectivity index is 1.79. The Morgan fingerprint density at radius 3 is 2.56 bits per heavy atom. The van der Waals surface area contributed by atoms with Crippen LogP contribution in [0, 0.1) is 12.8 Å². The van der Waals surface area contributed by atoms with Crippen LogP contribution in [0.3, 0.4) is 0 Å². The number of carbonyl (C=O) groups is 3. The summed E-state index contributed by atoms with van der Waals surface area (Å²) in [5.41, 5.74) is 4.85. The van der Waals surface area contributed by atoms with Crippen molar-refractivity contribution in [1.29, 1.82) is 0 Å². The second-order valence-electron chi connectivity index (χ2n) is 5.87. The standard InChI is InChI=1S/C15H16N2O9S/c1-5(18)9-11(19)17-10(8(27-12(9)17)4-24-14(16)21)13(20)23-3-7-6(2)25-15(22)26-7/h5,9,12,18H,3-4H2,1-2H3,(H2,16,21)/t5-,9+,12-/m1/s1. The van der Waals surface area contributed by atoms with Gasteiger partial charge in [-0.3, -0.25) is 9.69 Å². The number of rotatable bonds is 6. The second-order valence-corrected chi connectivity index (χ2v) is 7.08. The number of thioether (sulfide) groups is 1. The molecule has 11 nitrogen and oxygen atoms in total. The minimum absolute atomic E-state index is 0.0304. The number of hydrogen-bond donors (Lipinski definition) is 2. The van der Waals surface area contributed by atoms with E-state index in [2.05, 4.69) is 4.42 Å². The van der Waals surface area contributed by atoms with Crippen molar-refractivity contribution in [3.05, 3.63) is 32.7 Å². The van der Waals surface area contributed by atoms with Gasteiger partial charge in [-0.2, -0.15) is 0 Å². The molecular weight excluding hydrogens is 384 g/mol. The summed E-state index contributed by atoms with van der Waals surface area (Å²) in [6.07, 6.45) is -1.96. The number of amides is 2. The van der Waals surface area contributed by atoms with Gasteiger partial charge in [-0.1, -0.05) is 11.8 Å². The van der Waals surface area contributed by atoms with E-state index in [1.54, 1.807) is 0 Å². The first-order valence-electron chi connectivity index (χ1n) is 7.80. The molecule has 3 N–H and O–H groups in total. The van der Waals surface area contributed by atoms with Crippen LogP contribution in [0.2, 0.25) is 0 Å². The largest absolute Gasteiger partial charge is 0.519 e. The summed E-state index contributed by atoms with van der Waals surface area (Å²) in [5, 5.41) is 9.24. The third kappa shape index (κ3) is 3.45. The third-order valence-electron chi connectivity index (χ3n) is 4.08.